The molecule has 4 rings (SSSR count). The molecule has 0 aliphatic heterocycles. The van der Waals surface area contributed by atoms with Gasteiger partial charge >= 0.3 is 5.97 Å². The molecule has 4 fully saturated rings. The number of hydrogen-bond acceptors (Lipinski definition) is 5. The molecule has 5 unspecified atom stereocenters. The van der Waals surface area contributed by atoms with Gasteiger partial charge in [-0.3, -0.25) is 4.79 Å². The fourth-order valence-electron chi connectivity index (χ4n) is 7.63. The third-order valence-corrected chi connectivity index (χ3v) is 9.69. The summed E-state index contributed by atoms with van der Waals surface area (Å²) in [6.45, 7) is 3.83. The summed E-state index contributed by atoms with van der Waals surface area (Å²) in [5.74, 6) is 0.625. The molecule has 10 atom stereocenters. The molecule has 0 amide bonds. The van der Waals surface area contributed by atoms with Crippen LogP contribution in [0.5, 0.6) is 0 Å². The zero-order chi connectivity index (χ0) is 19.6. The Morgan fingerprint density at radius 2 is 1.89 bits per heavy atom. The van der Waals surface area contributed by atoms with Gasteiger partial charge < -0.3 is 20.1 Å². The van der Waals surface area contributed by atoms with Gasteiger partial charge in [-0.25, -0.2) is 0 Å². The highest BCUT2D eigenvalue weighted by molar-refractivity contribution is 9.09. The molecule has 0 heterocycles. The molecule has 0 aromatic carbocycles. The molecule has 4 saturated carbocycles. The van der Waals surface area contributed by atoms with Crippen molar-refractivity contribution in [3.63, 3.8) is 0 Å². The summed E-state index contributed by atoms with van der Waals surface area (Å²) in [5, 5.41) is 31.8. The van der Waals surface area contributed by atoms with E-state index in [0.717, 1.165) is 32.1 Å². The molecule has 0 spiro atoms. The lowest BCUT2D eigenvalue weighted by Crippen LogP contribution is -2.61. The Balaban J connectivity index is 1.67. The molecule has 0 saturated heterocycles. The van der Waals surface area contributed by atoms with Crippen molar-refractivity contribution in [2.24, 2.45) is 34.5 Å². The van der Waals surface area contributed by atoms with E-state index in [-0.39, 0.29) is 64.1 Å². The van der Waals surface area contributed by atoms with Crippen LogP contribution in [-0.2, 0) is 9.53 Å². The topological polar surface area (TPSA) is 87.0 Å². The fraction of sp³-hybridized carbons (Fsp3) is 0.952. The zero-order valence-corrected chi connectivity index (χ0v) is 17.9. The summed E-state index contributed by atoms with van der Waals surface area (Å²) >= 11 is 3.76. The molecule has 4 aliphatic rings. The first-order valence-electron chi connectivity index (χ1n) is 10.5. The first kappa shape index (κ1) is 20.1. The van der Waals surface area contributed by atoms with Crippen molar-refractivity contribution in [3.8, 4) is 0 Å². The van der Waals surface area contributed by atoms with Crippen molar-refractivity contribution in [1.82, 2.24) is 0 Å². The Labute approximate surface area is 170 Å². The van der Waals surface area contributed by atoms with Gasteiger partial charge in [-0.05, 0) is 74.0 Å². The highest BCUT2D eigenvalue weighted by atomic mass is 79.9. The summed E-state index contributed by atoms with van der Waals surface area (Å²) in [4.78, 5) is 11.8. The molecular formula is C21H33BrO5. The monoisotopic (exact) mass is 444 g/mol. The van der Waals surface area contributed by atoms with Crippen LogP contribution in [-0.4, -0.2) is 51.0 Å². The number of ether oxygens (including phenoxy) is 1. The van der Waals surface area contributed by atoms with E-state index in [1.165, 1.54) is 6.92 Å². The molecule has 154 valence electrons. The maximum absolute atomic E-state index is 11.7. The van der Waals surface area contributed by atoms with Crippen molar-refractivity contribution >= 4 is 21.9 Å². The van der Waals surface area contributed by atoms with Gasteiger partial charge in [0.2, 0.25) is 0 Å². The number of aliphatic hydroxyl groups is 3. The van der Waals surface area contributed by atoms with E-state index in [2.05, 4.69) is 22.9 Å². The van der Waals surface area contributed by atoms with E-state index in [9.17, 15) is 20.1 Å². The summed E-state index contributed by atoms with van der Waals surface area (Å²) in [6, 6.07) is 0. The third-order valence-electron chi connectivity index (χ3n) is 8.84. The minimum Gasteiger partial charge on any atom is -0.461 e. The molecular weight excluding hydrogens is 412 g/mol. The SMILES string of the molecule is CC(=O)O[C@H]1[C@H](Br)CC2C3C(O)CC4C[C@@H](O)CC[C@]4(CO)C3CC[C@@]21C. The Hall–Kier alpha value is -0.170. The molecule has 0 bridgehead atoms. The van der Waals surface area contributed by atoms with Gasteiger partial charge in [0, 0.05) is 18.9 Å². The average molecular weight is 445 g/mol. The normalized spacial score (nSPS) is 54.6. The van der Waals surface area contributed by atoms with Gasteiger partial charge in [-0.15, -0.1) is 0 Å². The second kappa shape index (κ2) is 6.96. The maximum Gasteiger partial charge on any atom is 0.302 e. The molecule has 4 aliphatic carbocycles. The molecule has 0 aromatic heterocycles. The van der Waals surface area contributed by atoms with Gasteiger partial charge in [0.25, 0.3) is 0 Å². The predicted octanol–water partition coefficient (Wildman–Crippen LogP) is 2.64. The van der Waals surface area contributed by atoms with Crippen LogP contribution in [0.4, 0.5) is 0 Å². The number of fused-ring (bicyclic) bond motifs is 5. The fourth-order valence-corrected chi connectivity index (χ4v) is 8.75. The lowest BCUT2D eigenvalue weighted by atomic mass is 9.44. The quantitative estimate of drug-likeness (QED) is 0.450. The Morgan fingerprint density at radius 3 is 2.56 bits per heavy atom. The van der Waals surface area contributed by atoms with Gasteiger partial charge in [0.05, 0.1) is 17.0 Å². The lowest BCUT2D eigenvalue weighted by molar-refractivity contribution is -0.198. The van der Waals surface area contributed by atoms with E-state index in [1.807, 2.05) is 0 Å². The zero-order valence-electron chi connectivity index (χ0n) is 16.3. The van der Waals surface area contributed by atoms with E-state index in [4.69, 9.17) is 4.74 Å². The number of aliphatic hydroxyl groups excluding tert-OH is 3. The number of carbonyl (C=O) groups is 1. The number of esters is 1. The van der Waals surface area contributed by atoms with Gasteiger partial charge in [0.15, 0.2) is 0 Å². The highest BCUT2D eigenvalue weighted by Crippen LogP contribution is 2.67. The molecule has 0 radical (unpaired) electrons. The minimum absolute atomic E-state index is 0.110. The largest absolute Gasteiger partial charge is 0.461 e. The van der Waals surface area contributed by atoms with Crippen LogP contribution in [0.3, 0.4) is 0 Å². The van der Waals surface area contributed by atoms with Gasteiger partial charge in [0.1, 0.15) is 6.10 Å². The second-order valence-corrected chi connectivity index (χ2v) is 11.1. The Bertz CT molecular complexity index is 599. The summed E-state index contributed by atoms with van der Waals surface area (Å²) in [5.41, 5.74) is -0.314. The standard InChI is InChI=1S/C21H33BrO5/c1-11(24)27-19-16(22)9-15-18-14(4-5-20(15,19)2)21(10-23)6-3-13(25)7-12(21)8-17(18)26/h12-19,23,25-26H,3-10H2,1-2H3/t12?,13-,14?,15?,16+,17?,18?,19-,20-,21+/m0/s1. The van der Waals surface area contributed by atoms with E-state index in [0.29, 0.717) is 12.8 Å². The second-order valence-electron chi connectivity index (χ2n) is 9.94. The highest BCUT2D eigenvalue weighted by Gasteiger charge is 2.65. The van der Waals surface area contributed by atoms with Gasteiger partial charge in [-0.1, -0.05) is 22.9 Å². The first-order chi connectivity index (χ1) is 12.7. The number of hydrogen-bond donors (Lipinski definition) is 3. The molecule has 6 heteroatoms. The number of carbonyl (C=O) groups excluding carboxylic acids is 1. The number of rotatable bonds is 2. The van der Waals surface area contributed by atoms with E-state index >= 15 is 0 Å². The van der Waals surface area contributed by atoms with Crippen molar-refractivity contribution in [3.05, 3.63) is 0 Å². The van der Waals surface area contributed by atoms with Crippen LogP contribution in [0.15, 0.2) is 0 Å². The molecule has 3 N–H and O–H groups in total. The van der Waals surface area contributed by atoms with Crippen LogP contribution in [0.2, 0.25) is 0 Å². The van der Waals surface area contributed by atoms with E-state index in [1.54, 1.807) is 0 Å². The summed E-state index contributed by atoms with van der Waals surface area (Å²) < 4.78 is 5.73. The van der Waals surface area contributed by atoms with Crippen LogP contribution in [0.1, 0.15) is 58.8 Å². The molecule has 0 aromatic rings. The van der Waals surface area contributed by atoms with Crippen molar-refractivity contribution in [1.29, 1.82) is 0 Å². The first-order valence-corrected chi connectivity index (χ1v) is 11.4. The number of halogens is 1. The molecule has 27 heavy (non-hydrogen) atoms. The van der Waals surface area contributed by atoms with Gasteiger partial charge in [-0.2, -0.15) is 0 Å². The Morgan fingerprint density at radius 1 is 1.15 bits per heavy atom. The summed E-state index contributed by atoms with van der Waals surface area (Å²) in [6.07, 6.45) is 4.85. The summed E-state index contributed by atoms with van der Waals surface area (Å²) in [7, 11) is 0. The maximum atomic E-state index is 11.7. The minimum atomic E-state index is -0.412. The van der Waals surface area contributed by atoms with Crippen LogP contribution in [0, 0.1) is 34.5 Å². The predicted molar refractivity (Wildman–Crippen MR) is 104 cm³/mol. The van der Waals surface area contributed by atoms with E-state index < -0.39 is 6.10 Å². The van der Waals surface area contributed by atoms with Crippen molar-refractivity contribution in [2.75, 3.05) is 6.61 Å². The third kappa shape index (κ3) is 2.92. The Kier molecular flexibility index (Phi) is 5.19. The van der Waals surface area contributed by atoms with Crippen LogP contribution >= 0.6 is 15.9 Å². The van der Waals surface area contributed by atoms with Crippen molar-refractivity contribution < 1.29 is 24.9 Å². The van der Waals surface area contributed by atoms with Crippen LogP contribution in [0.25, 0.3) is 0 Å². The van der Waals surface area contributed by atoms with Crippen molar-refractivity contribution in [2.45, 2.75) is 81.9 Å². The smallest absolute Gasteiger partial charge is 0.302 e. The lowest BCUT2D eigenvalue weighted by Gasteiger charge is -2.62. The van der Waals surface area contributed by atoms with Crippen LogP contribution < -0.4 is 0 Å². The number of alkyl halides is 1. The average Bonchev–Trinajstić information content (AvgIpc) is 2.85. The molecule has 5 nitrogen and oxygen atoms in total.